The van der Waals surface area contributed by atoms with Gasteiger partial charge in [-0.3, -0.25) is 18.6 Å². The average Bonchev–Trinajstić information content (AvgIpc) is 3.39. The molecule has 0 radical (unpaired) electrons. The fourth-order valence-electron chi connectivity index (χ4n) is 9.91. The van der Waals surface area contributed by atoms with Gasteiger partial charge < -0.3 is 19.4 Å². The minimum absolute atomic E-state index is 0.0435. The third-order valence-electron chi connectivity index (χ3n) is 15.1. The van der Waals surface area contributed by atoms with Crippen molar-refractivity contribution in [3.05, 3.63) is 36.5 Å². The van der Waals surface area contributed by atoms with Crippen molar-refractivity contribution in [1.82, 2.24) is 5.32 Å². The molecule has 0 aliphatic carbocycles. The van der Waals surface area contributed by atoms with E-state index in [4.69, 9.17) is 13.8 Å². The first-order valence-corrected chi connectivity index (χ1v) is 34.8. The number of quaternary nitrogens is 1. The van der Waals surface area contributed by atoms with Crippen LogP contribution in [0.5, 0.6) is 0 Å². The molecule has 0 heterocycles. The Labute approximate surface area is 478 Å². The number of unbranched alkanes of at least 4 members (excludes halogenated alkanes) is 41. The normalized spacial score (nSPS) is 13.8. The standard InChI is InChI=1S/C67H129N2O7P/c1-7-10-13-16-19-22-25-28-29-30-31-32-33-34-35-36-37-38-39-42-45-48-51-54-57-60-67(71)76-65(58-55-52-49-46-43-40-26-23-20-17-14-11-8-2)64(63-75-77(72,73)74-62-61-69(4,5)6)68-66(70)59-56-53-50-47-44-41-27-24-21-18-15-12-9-3/h19,22,28-29,55,58,64-65H,7-18,20-21,23-27,30-54,56-57,59-63H2,1-6H3,(H-,68,70,72,73)/p+1/b22-19-,29-28-,58-55-. The number of carbonyl (C=O) groups excluding carboxylic acids is 2. The molecule has 77 heavy (non-hydrogen) atoms. The summed E-state index contributed by atoms with van der Waals surface area (Å²) in [7, 11) is 1.51. The molecular weight excluding hydrogens is 976 g/mol. The first-order valence-electron chi connectivity index (χ1n) is 33.3. The van der Waals surface area contributed by atoms with Crippen LogP contribution in [0.1, 0.15) is 329 Å². The van der Waals surface area contributed by atoms with Crippen molar-refractivity contribution in [2.45, 2.75) is 341 Å². The topological polar surface area (TPSA) is 111 Å². The Morgan fingerprint density at radius 1 is 0.455 bits per heavy atom. The summed E-state index contributed by atoms with van der Waals surface area (Å²) in [4.78, 5) is 37.8. The fourth-order valence-corrected chi connectivity index (χ4v) is 10.7. The van der Waals surface area contributed by atoms with Crippen LogP contribution in [-0.2, 0) is 27.9 Å². The lowest BCUT2D eigenvalue weighted by Gasteiger charge is -2.27. The minimum Gasteiger partial charge on any atom is -0.456 e. The van der Waals surface area contributed by atoms with E-state index in [1.807, 2.05) is 33.3 Å². The van der Waals surface area contributed by atoms with E-state index in [-0.39, 0.29) is 25.1 Å². The molecule has 0 aromatic carbocycles. The summed E-state index contributed by atoms with van der Waals surface area (Å²) in [5, 5.41) is 3.07. The van der Waals surface area contributed by atoms with Crippen LogP contribution in [0.3, 0.4) is 0 Å². The molecule has 0 bridgehead atoms. The van der Waals surface area contributed by atoms with Crippen LogP contribution in [-0.4, -0.2) is 74.3 Å². The van der Waals surface area contributed by atoms with Crippen molar-refractivity contribution in [2.24, 2.45) is 0 Å². The van der Waals surface area contributed by atoms with Gasteiger partial charge in [-0.25, -0.2) is 4.57 Å². The second-order valence-electron chi connectivity index (χ2n) is 24.0. The van der Waals surface area contributed by atoms with Gasteiger partial charge >= 0.3 is 13.8 Å². The molecule has 0 aliphatic rings. The maximum atomic E-state index is 13.5. The van der Waals surface area contributed by atoms with Gasteiger partial charge in [-0.1, -0.05) is 289 Å². The van der Waals surface area contributed by atoms with E-state index in [2.05, 4.69) is 50.4 Å². The number of carbonyl (C=O) groups is 2. The lowest BCUT2D eigenvalue weighted by atomic mass is 10.0. The predicted molar refractivity (Wildman–Crippen MR) is 332 cm³/mol. The number of amides is 1. The Balaban J connectivity index is 5.06. The highest BCUT2D eigenvalue weighted by Gasteiger charge is 2.30. The summed E-state index contributed by atoms with van der Waals surface area (Å²) in [6, 6.07) is -0.843. The van der Waals surface area contributed by atoms with Crippen LogP contribution < -0.4 is 5.32 Å². The Hall–Kier alpha value is -1.77. The largest absolute Gasteiger partial charge is 0.472 e. The van der Waals surface area contributed by atoms with Gasteiger partial charge in [-0.05, 0) is 63.9 Å². The molecule has 0 aromatic heterocycles. The number of nitrogens with zero attached hydrogens (tertiary/aromatic N) is 1. The zero-order valence-corrected chi connectivity index (χ0v) is 52.9. The number of ether oxygens (including phenoxy) is 1. The van der Waals surface area contributed by atoms with Crippen LogP contribution in [0, 0.1) is 0 Å². The Bertz CT molecular complexity index is 1410. The number of nitrogens with one attached hydrogen (secondary N) is 1. The van der Waals surface area contributed by atoms with Gasteiger partial charge in [-0.15, -0.1) is 0 Å². The van der Waals surface area contributed by atoms with Gasteiger partial charge in [0, 0.05) is 12.8 Å². The maximum absolute atomic E-state index is 13.5. The second kappa shape index (κ2) is 57.5. The number of allylic oxidation sites excluding steroid dienone is 5. The van der Waals surface area contributed by atoms with E-state index in [0.29, 0.717) is 23.9 Å². The third-order valence-corrected chi connectivity index (χ3v) is 16.1. The summed E-state index contributed by atoms with van der Waals surface area (Å²) in [6.45, 7) is 7.03. The van der Waals surface area contributed by atoms with Gasteiger partial charge in [0.15, 0.2) is 0 Å². The fraction of sp³-hybridized carbons (Fsp3) is 0.881. The van der Waals surface area contributed by atoms with Gasteiger partial charge in [0.2, 0.25) is 5.91 Å². The summed E-state index contributed by atoms with van der Waals surface area (Å²) < 4.78 is 30.8. The lowest BCUT2D eigenvalue weighted by molar-refractivity contribution is -0.870. The van der Waals surface area contributed by atoms with Crippen LogP contribution in [0.25, 0.3) is 0 Å². The molecule has 3 unspecified atom stereocenters. The summed E-state index contributed by atoms with van der Waals surface area (Å²) in [6.07, 6.45) is 70.0. The SMILES string of the molecule is CCCCC/C=C\C/C=C\CCCCCCCCCCCCCCCCCC(=O)OC(/C=C\CCCCCCCCCCCCC)C(COP(=O)(O)OCC[N+](C)(C)C)NC(=O)CCCCCCCCCCCCCCC. The molecule has 2 N–H and O–H groups in total. The molecule has 454 valence electrons. The number of phosphoric acid groups is 1. The zero-order chi connectivity index (χ0) is 56.4. The van der Waals surface area contributed by atoms with Gasteiger partial charge in [-0.2, -0.15) is 0 Å². The van der Waals surface area contributed by atoms with Crippen molar-refractivity contribution in [2.75, 3.05) is 40.9 Å². The molecule has 0 rings (SSSR count). The summed E-state index contributed by atoms with van der Waals surface area (Å²) >= 11 is 0. The molecular formula is C67H130N2O7P+. The molecule has 0 aromatic rings. The van der Waals surface area contributed by atoms with Gasteiger partial charge in [0.1, 0.15) is 19.3 Å². The quantitative estimate of drug-likeness (QED) is 0.0205. The highest BCUT2D eigenvalue weighted by atomic mass is 31.2. The average molecular weight is 1110 g/mol. The van der Waals surface area contributed by atoms with E-state index >= 15 is 0 Å². The van der Waals surface area contributed by atoms with E-state index < -0.39 is 20.0 Å². The molecule has 0 spiro atoms. The van der Waals surface area contributed by atoms with Gasteiger partial charge in [0.05, 0.1) is 33.8 Å². The Morgan fingerprint density at radius 3 is 1.19 bits per heavy atom. The molecule has 0 fully saturated rings. The van der Waals surface area contributed by atoms with Gasteiger partial charge in [0.25, 0.3) is 0 Å². The van der Waals surface area contributed by atoms with Crippen molar-refractivity contribution >= 4 is 19.7 Å². The molecule has 3 atom stereocenters. The van der Waals surface area contributed by atoms with Crippen molar-refractivity contribution in [3.63, 3.8) is 0 Å². The second-order valence-corrected chi connectivity index (χ2v) is 25.5. The molecule has 10 heteroatoms. The summed E-state index contributed by atoms with van der Waals surface area (Å²) in [5.41, 5.74) is 0. The van der Waals surface area contributed by atoms with Crippen molar-refractivity contribution < 1.29 is 37.3 Å². The number of likely N-dealkylation sites (N-methyl/N-ethyl adjacent to an activating group) is 1. The summed E-state index contributed by atoms with van der Waals surface area (Å²) in [5.74, 6) is -0.488. The predicted octanol–water partition coefficient (Wildman–Crippen LogP) is 20.7. The van der Waals surface area contributed by atoms with E-state index in [1.54, 1.807) is 0 Å². The highest BCUT2D eigenvalue weighted by molar-refractivity contribution is 7.47. The first-order chi connectivity index (χ1) is 37.4. The molecule has 0 saturated carbocycles. The molecule has 0 saturated heterocycles. The lowest BCUT2D eigenvalue weighted by Crippen LogP contribution is -2.47. The van der Waals surface area contributed by atoms with Crippen molar-refractivity contribution in [1.29, 1.82) is 0 Å². The smallest absolute Gasteiger partial charge is 0.456 e. The third kappa shape index (κ3) is 58.7. The highest BCUT2D eigenvalue weighted by Crippen LogP contribution is 2.43. The van der Waals surface area contributed by atoms with E-state index in [1.165, 1.54) is 231 Å². The maximum Gasteiger partial charge on any atom is 0.472 e. The Morgan fingerprint density at radius 2 is 0.792 bits per heavy atom. The van der Waals surface area contributed by atoms with E-state index in [0.717, 1.165) is 64.2 Å². The molecule has 1 amide bonds. The molecule has 9 nitrogen and oxygen atoms in total. The number of hydrogen-bond acceptors (Lipinski definition) is 6. The van der Waals surface area contributed by atoms with E-state index in [9.17, 15) is 19.0 Å². The molecule has 0 aliphatic heterocycles. The van der Waals surface area contributed by atoms with Crippen LogP contribution in [0.4, 0.5) is 0 Å². The number of phosphoric ester groups is 1. The first kappa shape index (κ1) is 75.2. The number of hydrogen-bond donors (Lipinski definition) is 2. The van der Waals surface area contributed by atoms with Crippen molar-refractivity contribution in [3.8, 4) is 0 Å². The van der Waals surface area contributed by atoms with Crippen LogP contribution in [0.15, 0.2) is 36.5 Å². The van der Waals surface area contributed by atoms with Crippen LogP contribution in [0.2, 0.25) is 0 Å². The zero-order valence-electron chi connectivity index (χ0n) is 52.0. The van der Waals surface area contributed by atoms with Crippen LogP contribution >= 0.6 is 7.82 Å². The number of esters is 1. The minimum atomic E-state index is -4.44. The number of rotatable bonds is 61. The monoisotopic (exact) mass is 1110 g/mol. The Kier molecular flexibility index (Phi) is 56.1.